The average Bonchev–Trinajstić information content (AvgIpc) is 2.38. The lowest BCUT2D eigenvalue weighted by Gasteiger charge is -2.18. The van der Waals surface area contributed by atoms with Crippen molar-refractivity contribution in [3.63, 3.8) is 0 Å². The van der Waals surface area contributed by atoms with Crippen LogP contribution in [-0.2, 0) is 11.0 Å². The van der Waals surface area contributed by atoms with Gasteiger partial charge in [0, 0.05) is 20.0 Å². The lowest BCUT2D eigenvalue weighted by atomic mass is 10.1. The van der Waals surface area contributed by atoms with E-state index in [1.165, 1.54) is 11.0 Å². The third kappa shape index (κ3) is 2.20. The number of hydrogen-bond acceptors (Lipinski definition) is 2. The molecule has 1 aliphatic rings. The van der Waals surface area contributed by atoms with Crippen LogP contribution in [0, 0.1) is 0 Å². The van der Waals surface area contributed by atoms with Gasteiger partial charge in [-0.15, -0.1) is 0 Å². The number of hydrogen-bond donors (Lipinski definition) is 1. The van der Waals surface area contributed by atoms with Crippen LogP contribution >= 0.6 is 0 Å². The Morgan fingerprint density at radius 2 is 2.06 bits per heavy atom. The maximum Gasteiger partial charge on any atom is 0.416 e. The van der Waals surface area contributed by atoms with Gasteiger partial charge in [0.15, 0.2) is 0 Å². The summed E-state index contributed by atoms with van der Waals surface area (Å²) >= 11 is 0. The molecule has 0 bridgehead atoms. The summed E-state index contributed by atoms with van der Waals surface area (Å²) in [7, 11) is 1.56. The molecule has 0 saturated heterocycles. The molecule has 0 spiro atoms. The molecule has 0 aromatic heterocycles. The van der Waals surface area contributed by atoms with E-state index in [0.29, 0.717) is 17.9 Å². The molecule has 1 aliphatic heterocycles. The van der Waals surface area contributed by atoms with E-state index >= 15 is 0 Å². The quantitative estimate of drug-likeness (QED) is 0.760. The number of nitrogens with zero attached hydrogens (tertiary/aromatic N) is 1. The monoisotopic (exact) mass is 244 g/mol. The minimum atomic E-state index is -4.37. The van der Waals surface area contributed by atoms with Crippen LogP contribution in [0.2, 0.25) is 0 Å². The molecular weight excluding hydrogens is 233 g/mol. The van der Waals surface area contributed by atoms with Crippen molar-refractivity contribution in [3.8, 4) is 0 Å². The van der Waals surface area contributed by atoms with Gasteiger partial charge < -0.3 is 10.2 Å². The van der Waals surface area contributed by atoms with Crippen molar-refractivity contribution in [2.45, 2.75) is 12.6 Å². The third-order valence-corrected chi connectivity index (χ3v) is 2.71. The zero-order valence-corrected chi connectivity index (χ0v) is 9.14. The Morgan fingerprint density at radius 1 is 1.35 bits per heavy atom. The molecule has 0 radical (unpaired) electrons. The predicted octanol–water partition coefficient (Wildman–Crippen LogP) is 2.48. The van der Waals surface area contributed by atoms with Gasteiger partial charge in [0.2, 0.25) is 5.91 Å². The molecule has 0 fully saturated rings. The minimum absolute atomic E-state index is 0.115. The van der Waals surface area contributed by atoms with E-state index in [9.17, 15) is 18.0 Å². The molecule has 1 aromatic carbocycles. The van der Waals surface area contributed by atoms with Crippen molar-refractivity contribution >= 4 is 17.3 Å². The lowest BCUT2D eigenvalue weighted by Crippen LogP contribution is -2.25. The van der Waals surface area contributed by atoms with Crippen LogP contribution in [0.15, 0.2) is 18.2 Å². The molecule has 17 heavy (non-hydrogen) atoms. The third-order valence-electron chi connectivity index (χ3n) is 2.71. The molecule has 1 amide bonds. The molecule has 1 aromatic rings. The number of nitrogens with one attached hydrogen (secondary N) is 1. The van der Waals surface area contributed by atoms with Crippen molar-refractivity contribution in [2.24, 2.45) is 0 Å². The summed E-state index contributed by atoms with van der Waals surface area (Å²) in [5, 5.41) is 2.84. The summed E-state index contributed by atoms with van der Waals surface area (Å²) in [6, 6.07) is 3.33. The average molecular weight is 244 g/mol. The van der Waals surface area contributed by atoms with Crippen LogP contribution in [0.3, 0.4) is 0 Å². The van der Waals surface area contributed by atoms with Gasteiger partial charge in [0.1, 0.15) is 0 Å². The van der Waals surface area contributed by atoms with Gasteiger partial charge in [-0.25, -0.2) is 0 Å². The van der Waals surface area contributed by atoms with Gasteiger partial charge in [0.05, 0.1) is 16.9 Å². The molecule has 0 saturated carbocycles. The van der Waals surface area contributed by atoms with Crippen LogP contribution in [0.4, 0.5) is 24.5 Å². The standard InChI is InChI=1S/C11H11F3N2O/c1-16-9-3-2-7(11(12,13)14)6-8(9)15-5-4-10(16)17/h2-3,6,15H,4-5H2,1H3. The maximum atomic E-state index is 12.5. The fourth-order valence-electron chi connectivity index (χ4n) is 1.75. The Morgan fingerprint density at radius 3 is 2.71 bits per heavy atom. The number of halogens is 3. The number of amides is 1. The molecule has 0 unspecified atom stereocenters. The van der Waals surface area contributed by atoms with E-state index in [1.54, 1.807) is 7.05 Å². The van der Waals surface area contributed by atoms with Crippen molar-refractivity contribution in [3.05, 3.63) is 23.8 Å². The summed E-state index contributed by atoms with van der Waals surface area (Å²) in [5.74, 6) is -0.115. The molecule has 6 heteroatoms. The molecule has 3 nitrogen and oxygen atoms in total. The second-order valence-electron chi connectivity index (χ2n) is 3.86. The van der Waals surface area contributed by atoms with Gasteiger partial charge in [0.25, 0.3) is 0 Å². The Kier molecular flexibility index (Phi) is 2.73. The first-order valence-electron chi connectivity index (χ1n) is 5.11. The van der Waals surface area contributed by atoms with Crippen LogP contribution in [0.1, 0.15) is 12.0 Å². The number of alkyl halides is 3. The largest absolute Gasteiger partial charge is 0.416 e. The summed E-state index contributed by atoms with van der Waals surface area (Å²) < 4.78 is 37.6. The van der Waals surface area contributed by atoms with Crippen molar-refractivity contribution in [1.82, 2.24) is 0 Å². The first kappa shape index (κ1) is 11.8. The molecule has 92 valence electrons. The SMILES string of the molecule is CN1C(=O)CCNc2cc(C(F)(F)F)ccc21. The van der Waals surface area contributed by atoms with Crippen LogP contribution in [0.25, 0.3) is 0 Å². The lowest BCUT2D eigenvalue weighted by molar-refractivity contribution is -0.137. The fraction of sp³-hybridized carbons (Fsp3) is 0.364. The highest BCUT2D eigenvalue weighted by Gasteiger charge is 2.32. The van der Waals surface area contributed by atoms with Gasteiger partial charge in [-0.05, 0) is 18.2 Å². The van der Waals surface area contributed by atoms with Gasteiger partial charge in [-0.2, -0.15) is 13.2 Å². The van der Waals surface area contributed by atoms with Crippen LogP contribution < -0.4 is 10.2 Å². The number of carbonyl (C=O) groups is 1. The second kappa shape index (κ2) is 3.94. The summed E-state index contributed by atoms with van der Waals surface area (Å²) in [5.41, 5.74) is 0.0974. The van der Waals surface area contributed by atoms with Gasteiger partial charge >= 0.3 is 6.18 Å². The van der Waals surface area contributed by atoms with Crippen LogP contribution in [-0.4, -0.2) is 19.5 Å². The van der Waals surface area contributed by atoms with Gasteiger partial charge in [-0.1, -0.05) is 0 Å². The summed E-state index contributed by atoms with van der Waals surface area (Å²) in [6.07, 6.45) is -4.10. The van der Waals surface area contributed by atoms with E-state index in [-0.39, 0.29) is 12.3 Å². The van der Waals surface area contributed by atoms with E-state index in [0.717, 1.165) is 12.1 Å². The molecule has 1 heterocycles. The number of benzene rings is 1. The van der Waals surface area contributed by atoms with Crippen molar-refractivity contribution in [2.75, 3.05) is 23.8 Å². The molecule has 2 rings (SSSR count). The Labute approximate surface area is 96.2 Å². The minimum Gasteiger partial charge on any atom is -0.383 e. The van der Waals surface area contributed by atoms with Crippen LogP contribution in [0.5, 0.6) is 0 Å². The molecule has 0 aliphatic carbocycles. The van der Waals surface area contributed by atoms with Crippen molar-refractivity contribution in [1.29, 1.82) is 0 Å². The molecular formula is C11H11F3N2O. The normalized spacial score (nSPS) is 16.2. The number of rotatable bonds is 0. The van der Waals surface area contributed by atoms with E-state index in [1.807, 2.05) is 0 Å². The van der Waals surface area contributed by atoms with Gasteiger partial charge in [-0.3, -0.25) is 4.79 Å². The highest BCUT2D eigenvalue weighted by atomic mass is 19.4. The fourth-order valence-corrected chi connectivity index (χ4v) is 1.75. The molecule has 1 N–H and O–H groups in total. The molecule has 0 atom stereocenters. The highest BCUT2D eigenvalue weighted by Crippen LogP contribution is 2.36. The van der Waals surface area contributed by atoms with Crippen molar-refractivity contribution < 1.29 is 18.0 Å². The van der Waals surface area contributed by atoms with E-state index < -0.39 is 11.7 Å². The zero-order chi connectivity index (χ0) is 12.6. The Balaban J connectivity index is 2.46. The van der Waals surface area contributed by atoms with E-state index in [4.69, 9.17) is 0 Å². The Hall–Kier alpha value is -1.72. The number of fused-ring (bicyclic) bond motifs is 1. The predicted molar refractivity (Wildman–Crippen MR) is 58.0 cm³/mol. The first-order valence-corrected chi connectivity index (χ1v) is 5.11. The smallest absolute Gasteiger partial charge is 0.383 e. The summed E-state index contributed by atoms with van der Waals surface area (Å²) in [4.78, 5) is 12.9. The zero-order valence-electron chi connectivity index (χ0n) is 9.14. The second-order valence-corrected chi connectivity index (χ2v) is 3.86. The highest BCUT2D eigenvalue weighted by molar-refractivity contribution is 5.97. The first-order chi connectivity index (χ1) is 7.89. The maximum absolute atomic E-state index is 12.5. The van der Waals surface area contributed by atoms with E-state index in [2.05, 4.69) is 5.32 Å². The summed E-state index contributed by atoms with van der Waals surface area (Å²) in [6.45, 7) is 0.345. The number of carbonyl (C=O) groups excluding carboxylic acids is 1. The Bertz CT molecular complexity index is 457. The topological polar surface area (TPSA) is 32.3 Å². The number of anilines is 2.